The summed E-state index contributed by atoms with van der Waals surface area (Å²) in [6.45, 7) is 3.32. The van der Waals surface area contributed by atoms with Gasteiger partial charge in [0.2, 0.25) is 0 Å². The van der Waals surface area contributed by atoms with Gasteiger partial charge in [-0.3, -0.25) is 4.90 Å². The van der Waals surface area contributed by atoms with Gasteiger partial charge in [0.15, 0.2) is 5.76 Å². The molecular formula is C21H23ClFN3O2. The molecule has 4 rings (SSSR count). The van der Waals surface area contributed by atoms with Crippen LogP contribution in [0.3, 0.4) is 0 Å². The fourth-order valence-corrected chi connectivity index (χ4v) is 3.53. The van der Waals surface area contributed by atoms with Crippen molar-refractivity contribution in [2.75, 3.05) is 26.7 Å². The van der Waals surface area contributed by atoms with Crippen LogP contribution in [0.5, 0.6) is 5.75 Å². The fraction of sp³-hybridized carbons (Fsp3) is 0.286. The number of methoxy groups -OCH3 is 1. The largest absolute Gasteiger partial charge is 0.496 e. The van der Waals surface area contributed by atoms with E-state index in [2.05, 4.69) is 21.4 Å². The molecule has 0 amide bonds. The number of benzene rings is 2. The molecule has 7 heteroatoms. The first-order chi connectivity index (χ1) is 13.2. The number of rotatable bonds is 5. The molecule has 1 aliphatic rings. The van der Waals surface area contributed by atoms with Gasteiger partial charge in [0, 0.05) is 36.8 Å². The van der Waals surface area contributed by atoms with E-state index in [0.717, 1.165) is 42.3 Å². The van der Waals surface area contributed by atoms with Crippen LogP contribution in [0, 0.1) is 5.82 Å². The van der Waals surface area contributed by atoms with Gasteiger partial charge in [-0.05, 0) is 30.3 Å². The Kier molecular flexibility index (Phi) is 6.67. The number of hydrogen-bond donors (Lipinski definition) is 1. The predicted octanol–water partition coefficient (Wildman–Crippen LogP) is 4.06. The van der Waals surface area contributed by atoms with Crippen LogP contribution in [0.4, 0.5) is 4.39 Å². The first-order valence-corrected chi connectivity index (χ1v) is 9.04. The van der Waals surface area contributed by atoms with Gasteiger partial charge in [-0.1, -0.05) is 23.4 Å². The van der Waals surface area contributed by atoms with E-state index in [-0.39, 0.29) is 24.3 Å². The maximum absolute atomic E-state index is 13.1. The quantitative estimate of drug-likeness (QED) is 0.696. The van der Waals surface area contributed by atoms with E-state index in [0.29, 0.717) is 12.2 Å². The number of ether oxygens (including phenoxy) is 1. The fourth-order valence-electron chi connectivity index (χ4n) is 3.53. The zero-order valence-electron chi connectivity index (χ0n) is 15.6. The van der Waals surface area contributed by atoms with Crippen LogP contribution in [-0.2, 0) is 6.54 Å². The Balaban J connectivity index is 0.00000225. The van der Waals surface area contributed by atoms with Crippen molar-refractivity contribution in [3.63, 3.8) is 0 Å². The van der Waals surface area contributed by atoms with Crippen molar-refractivity contribution in [1.29, 1.82) is 0 Å². The van der Waals surface area contributed by atoms with Crippen molar-refractivity contribution < 1.29 is 13.7 Å². The van der Waals surface area contributed by atoms with Crippen LogP contribution in [0.25, 0.3) is 11.3 Å². The lowest BCUT2D eigenvalue weighted by atomic mass is 10.0. The molecule has 0 saturated carbocycles. The summed E-state index contributed by atoms with van der Waals surface area (Å²) < 4.78 is 24.2. The molecule has 28 heavy (non-hydrogen) atoms. The summed E-state index contributed by atoms with van der Waals surface area (Å²) in [4.78, 5) is 2.36. The average Bonchev–Trinajstić information content (AvgIpc) is 3.17. The first-order valence-electron chi connectivity index (χ1n) is 9.04. The highest BCUT2D eigenvalue weighted by molar-refractivity contribution is 5.85. The van der Waals surface area contributed by atoms with Gasteiger partial charge < -0.3 is 14.6 Å². The Morgan fingerprint density at radius 1 is 1.21 bits per heavy atom. The van der Waals surface area contributed by atoms with E-state index in [4.69, 9.17) is 9.26 Å². The lowest BCUT2D eigenvalue weighted by Crippen LogP contribution is -2.45. The second-order valence-corrected chi connectivity index (χ2v) is 6.62. The Morgan fingerprint density at radius 2 is 2.00 bits per heavy atom. The third-order valence-corrected chi connectivity index (χ3v) is 4.91. The van der Waals surface area contributed by atoms with Gasteiger partial charge >= 0.3 is 0 Å². The first kappa shape index (κ1) is 20.3. The lowest BCUT2D eigenvalue weighted by Gasteiger charge is -2.36. The Hall–Kier alpha value is -2.41. The highest BCUT2D eigenvalue weighted by atomic mass is 35.5. The highest BCUT2D eigenvalue weighted by Crippen LogP contribution is 2.31. The van der Waals surface area contributed by atoms with E-state index < -0.39 is 0 Å². The number of nitrogens with one attached hydrogen (secondary N) is 1. The van der Waals surface area contributed by atoms with Crippen LogP contribution in [0.1, 0.15) is 17.4 Å². The van der Waals surface area contributed by atoms with Crippen molar-refractivity contribution in [3.8, 4) is 17.0 Å². The molecular weight excluding hydrogens is 381 g/mol. The van der Waals surface area contributed by atoms with E-state index in [9.17, 15) is 4.39 Å². The molecule has 1 unspecified atom stereocenters. The van der Waals surface area contributed by atoms with Crippen molar-refractivity contribution in [2.24, 2.45) is 0 Å². The van der Waals surface area contributed by atoms with Gasteiger partial charge in [-0.25, -0.2) is 4.39 Å². The smallest absolute Gasteiger partial charge is 0.151 e. The molecule has 1 saturated heterocycles. The van der Waals surface area contributed by atoms with Gasteiger partial charge in [0.1, 0.15) is 17.3 Å². The number of nitrogens with zero attached hydrogens (tertiary/aromatic N) is 2. The number of piperazine rings is 1. The molecule has 0 aliphatic carbocycles. The Bertz CT molecular complexity index is 901. The van der Waals surface area contributed by atoms with Crippen LogP contribution < -0.4 is 10.1 Å². The van der Waals surface area contributed by atoms with Crippen molar-refractivity contribution in [2.45, 2.75) is 12.6 Å². The van der Waals surface area contributed by atoms with E-state index in [1.54, 1.807) is 19.2 Å². The molecule has 148 valence electrons. The summed E-state index contributed by atoms with van der Waals surface area (Å²) in [5.74, 6) is 1.42. The summed E-state index contributed by atoms with van der Waals surface area (Å²) in [6.07, 6.45) is 0. The molecule has 0 spiro atoms. The van der Waals surface area contributed by atoms with Gasteiger partial charge in [-0.2, -0.15) is 0 Å². The summed E-state index contributed by atoms with van der Waals surface area (Å²) in [5, 5.41) is 7.61. The number of para-hydroxylation sites is 1. The van der Waals surface area contributed by atoms with Crippen LogP contribution in [0.15, 0.2) is 59.1 Å². The minimum atomic E-state index is -0.261. The molecule has 3 aromatic rings. The summed E-state index contributed by atoms with van der Waals surface area (Å²) in [6, 6.07) is 16.5. The molecule has 0 bridgehead atoms. The zero-order chi connectivity index (χ0) is 18.6. The highest BCUT2D eigenvalue weighted by Gasteiger charge is 2.27. The van der Waals surface area contributed by atoms with Crippen molar-refractivity contribution in [3.05, 3.63) is 71.7 Å². The zero-order valence-corrected chi connectivity index (χ0v) is 16.4. The van der Waals surface area contributed by atoms with Crippen molar-refractivity contribution >= 4 is 12.4 Å². The minimum Gasteiger partial charge on any atom is -0.496 e. The van der Waals surface area contributed by atoms with Gasteiger partial charge in [0.25, 0.3) is 0 Å². The SMILES string of the molecule is COc1ccccc1C1CNCCN1Cc1cc(-c2ccc(F)cc2)no1.Cl. The molecule has 0 radical (unpaired) electrons. The topological polar surface area (TPSA) is 50.5 Å². The molecule has 1 fully saturated rings. The lowest BCUT2D eigenvalue weighted by molar-refractivity contribution is 0.136. The van der Waals surface area contributed by atoms with E-state index in [1.165, 1.54) is 12.1 Å². The molecule has 5 nitrogen and oxygen atoms in total. The normalized spacial score (nSPS) is 17.1. The van der Waals surface area contributed by atoms with Crippen LogP contribution in [-0.4, -0.2) is 36.8 Å². The second-order valence-electron chi connectivity index (χ2n) is 6.62. The van der Waals surface area contributed by atoms with Crippen LogP contribution >= 0.6 is 12.4 Å². The van der Waals surface area contributed by atoms with Crippen molar-refractivity contribution in [1.82, 2.24) is 15.4 Å². The van der Waals surface area contributed by atoms with E-state index in [1.807, 2.05) is 24.3 Å². The van der Waals surface area contributed by atoms with E-state index >= 15 is 0 Å². The van der Waals surface area contributed by atoms with Gasteiger partial charge in [-0.15, -0.1) is 12.4 Å². The number of halogens is 2. The average molecular weight is 404 g/mol. The minimum absolute atomic E-state index is 0. The molecule has 2 heterocycles. The molecule has 1 atom stereocenters. The standard InChI is InChI=1S/C21H22FN3O2.ClH/c1-26-21-5-3-2-4-18(21)20-13-23-10-11-25(20)14-17-12-19(24-27-17)15-6-8-16(22)9-7-15;/h2-9,12,20,23H,10-11,13-14H2,1H3;1H. The predicted molar refractivity (Wildman–Crippen MR) is 108 cm³/mol. The third-order valence-electron chi connectivity index (χ3n) is 4.91. The van der Waals surface area contributed by atoms with Gasteiger partial charge in [0.05, 0.1) is 19.7 Å². The maximum atomic E-state index is 13.1. The summed E-state index contributed by atoms with van der Waals surface area (Å²) in [5.41, 5.74) is 2.72. The monoisotopic (exact) mass is 403 g/mol. The maximum Gasteiger partial charge on any atom is 0.151 e. The second kappa shape index (κ2) is 9.19. The summed E-state index contributed by atoms with van der Waals surface area (Å²) >= 11 is 0. The summed E-state index contributed by atoms with van der Waals surface area (Å²) in [7, 11) is 1.70. The molecule has 2 aromatic carbocycles. The third kappa shape index (κ3) is 4.35. The molecule has 1 aliphatic heterocycles. The Labute approximate surface area is 169 Å². The molecule has 1 N–H and O–H groups in total. The number of aromatic nitrogens is 1. The molecule has 1 aromatic heterocycles. The number of hydrogen-bond acceptors (Lipinski definition) is 5. The Morgan fingerprint density at radius 3 is 2.79 bits per heavy atom. The van der Waals surface area contributed by atoms with Crippen LogP contribution in [0.2, 0.25) is 0 Å².